The van der Waals surface area contributed by atoms with Crippen LogP contribution in [0.1, 0.15) is 13.8 Å². The molecule has 2 atom stereocenters. The lowest BCUT2D eigenvalue weighted by Gasteiger charge is -2.37. The zero-order chi connectivity index (χ0) is 15.6. The molecule has 6 nitrogen and oxygen atoms in total. The molecule has 0 radical (unpaired) electrons. The summed E-state index contributed by atoms with van der Waals surface area (Å²) in [4.78, 5) is 12.3. The number of rotatable bonds is 2. The van der Waals surface area contributed by atoms with E-state index in [1.54, 1.807) is 0 Å². The Kier molecular flexibility index (Phi) is 4.97. The summed E-state index contributed by atoms with van der Waals surface area (Å²) in [7, 11) is 0. The van der Waals surface area contributed by atoms with Gasteiger partial charge in [-0.25, -0.2) is 0 Å². The number of anilines is 1. The van der Waals surface area contributed by atoms with Gasteiger partial charge in [-0.3, -0.25) is 10.1 Å². The number of ether oxygens (including phenoxy) is 1. The van der Waals surface area contributed by atoms with Crippen LogP contribution in [-0.4, -0.2) is 40.2 Å². The zero-order valence-corrected chi connectivity index (χ0v) is 13.3. The van der Waals surface area contributed by atoms with E-state index < -0.39 is 4.92 Å². The van der Waals surface area contributed by atoms with E-state index in [4.69, 9.17) is 28.6 Å². The van der Waals surface area contributed by atoms with Gasteiger partial charge in [0.2, 0.25) is 0 Å². The zero-order valence-electron chi connectivity index (χ0n) is 11.7. The fraction of sp³-hybridized carbons (Fsp3) is 0.462. The molecule has 0 bridgehead atoms. The van der Waals surface area contributed by atoms with E-state index in [2.05, 4.69) is 5.32 Å². The monoisotopic (exact) mass is 329 g/mol. The lowest BCUT2D eigenvalue weighted by atomic mass is 10.2. The molecule has 0 aromatic heterocycles. The van der Waals surface area contributed by atoms with Crippen molar-refractivity contribution >= 4 is 40.3 Å². The number of nitrogens with one attached hydrogen (secondary N) is 1. The third kappa shape index (κ3) is 4.03. The van der Waals surface area contributed by atoms with Crippen molar-refractivity contribution in [2.24, 2.45) is 0 Å². The Balaban J connectivity index is 2.12. The number of thiocarbonyl (C=S) groups is 1. The molecule has 1 heterocycles. The third-order valence-corrected chi connectivity index (χ3v) is 3.80. The number of nitro groups is 1. The van der Waals surface area contributed by atoms with E-state index in [1.807, 2.05) is 18.7 Å². The van der Waals surface area contributed by atoms with Crippen molar-refractivity contribution in [1.29, 1.82) is 0 Å². The Labute approximate surface area is 133 Å². The number of halogens is 1. The van der Waals surface area contributed by atoms with Gasteiger partial charge in [-0.2, -0.15) is 0 Å². The van der Waals surface area contributed by atoms with E-state index in [-0.39, 0.29) is 17.9 Å². The summed E-state index contributed by atoms with van der Waals surface area (Å²) in [5, 5.41) is 14.7. The molecule has 114 valence electrons. The first kappa shape index (κ1) is 15.9. The van der Waals surface area contributed by atoms with Crippen LogP contribution in [0.25, 0.3) is 0 Å². The summed E-state index contributed by atoms with van der Waals surface area (Å²) in [6, 6.07) is 4.21. The van der Waals surface area contributed by atoms with Crippen LogP contribution in [-0.2, 0) is 4.74 Å². The second kappa shape index (κ2) is 6.55. The number of hydrogen-bond donors (Lipinski definition) is 1. The highest BCUT2D eigenvalue weighted by molar-refractivity contribution is 7.80. The van der Waals surface area contributed by atoms with Crippen molar-refractivity contribution in [1.82, 2.24) is 4.90 Å². The molecule has 0 aliphatic carbocycles. The molecule has 2 rings (SSSR count). The van der Waals surface area contributed by atoms with E-state index >= 15 is 0 Å². The molecule has 1 N–H and O–H groups in total. The van der Waals surface area contributed by atoms with Gasteiger partial charge in [0.25, 0.3) is 5.69 Å². The van der Waals surface area contributed by atoms with Gasteiger partial charge in [-0.15, -0.1) is 0 Å². The van der Waals surface area contributed by atoms with Gasteiger partial charge in [0.15, 0.2) is 5.11 Å². The highest BCUT2D eigenvalue weighted by Gasteiger charge is 2.24. The van der Waals surface area contributed by atoms with Crippen LogP contribution in [0.5, 0.6) is 0 Å². The Morgan fingerprint density at radius 3 is 2.67 bits per heavy atom. The lowest BCUT2D eigenvalue weighted by molar-refractivity contribution is -0.384. The first-order valence-electron chi connectivity index (χ1n) is 6.52. The van der Waals surface area contributed by atoms with E-state index in [0.29, 0.717) is 28.9 Å². The Morgan fingerprint density at radius 2 is 2.10 bits per heavy atom. The average Bonchev–Trinajstić information content (AvgIpc) is 2.39. The van der Waals surface area contributed by atoms with E-state index in [1.165, 1.54) is 18.2 Å². The molecule has 21 heavy (non-hydrogen) atoms. The predicted molar refractivity (Wildman–Crippen MR) is 85.9 cm³/mol. The SMILES string of the molecule is C[C@@H]1CN(C(=S)Nc2cc([N+](=O)[O-])ccc2Cl)C[C@H](C)O1. The standard InChI is InChI=1S/C13H16ClN3O3S/c1-8-6-16(7-9(2)20-8)13(21)15-12-5-10(17(18)19)3-4-11(12)14/h3-5,8-9H,6-7H2,1-2H3,(H,15,21)/t8-,9+. The minimum Gasteiger partial charge on any atom is -0.372 e. The summed E-state index contributed by atoms with van der Waals surface area (Å²) in [5.41, 5.74) is 0.399. The normalized spacial score (nSPS) is 22.0. The highest BCUT2D eigenvalue weighted by Crippen LogP contribution is 2.27. The first-order valence-corrected chi connectivity index (χ1v) is 7.30. The van der Waals surface area contributed by atoms with Crippen molar-refractivity contribution in [3.8, 4) is 0 Å². The summed E-state index contributed by atoms with van der Waals surface area (Å²) in [6.45, 7) is 5.29. The maximum absolute atomic E-state index is 10.8. The highest BCUT2D eigenvalue weighted by atomic mass is 35.5. The predicted octanol–water partition coefficient (Wildman–Crippen LogP) is 3.05. The maximum atomic E-state index is 10.8. The van der Waals surface area contributed by atoms with Gasteiger partial charge in [0.1, 0.15) is 0 Å². The minimum atomic E-state index is -0.469. The van der Waals surface area contributed by atoms with Crippen molar-refractivity contribution in [3.63, 3.8) is 0 Å². The average molecular weight is 330 g/mol. The molecule has 1 aliphatic rings. The maximum Gasteiger partial charge on any atom is 0.271 e. The van der Waals surface area contributed by atoms with Gasteiger partial charge in [0.05, 0.1) is 27.8 Å². The molecule has 1 aromatic carbocycles. The smallest absolute Gasteiger partial charge is 0.271 e. The number of non-ortho nitro benzene ring substituents is 1. The second-order valence-corrected chi connectivity index (χ2v) is 5.81. The van der Waals surface area contributed by atoms with Crippen LogP contribution < -0.4 is 5.32 Å². The summed E-state index contributed by atoms with van der Waals surface area (Å²) < 4.78 is 5.65. The van der Waals surface area contributed by atoms with Gasteiger partial charge >= 0.3 is 0 Å². The van der Waals surface area contributed by atoms with Gasteiger partial charge in [0, 0.05) is 25.2 Å². The Bertz CT molecular complexity index is 560. The fourth-order valence-corrected chi connectivity index (χ4v) is 2.68. The molecule has 1 aliphatic heterocycles. The molecular weight excluding hydrogens is 314 g/mol. The van der Waals surface area contributed by atoms with Crippen molar-refractivity contribution in [2.75, 3.05) is 18.4 Å². The van der Waals surface area contributed by atoms with Crippen LogP contribution in [0.15, 0.2) is 18.2 Å². The number of hydrogen-bond acceptors (Lipinski definition) is 4. The Hall–Kier alpha value is -1.44. The molecule has 1 fully saturated rings. The molecule has 0 saturated carbocycles. The summed E-state index contributed by atoms with van der Waals surface area (Å²) >= 11 is 11.4. The molecule has 1 aromatic rings. The molecular formula is C13H16ClN3O3S. The third-order valence-electron chi connectivity index (χ3n) is 3.11. The molecule has 0 amide bonds. The van der Waals surface area contributed by atoms with Crippen molar-refractivity contribution < 1.29 is 9.66 Å². The molecule has 8 heteroatoms. The van der Waals surface area contributed by atoms with E-state index in [9.17, 15) is 10.1 Å². The quantitative estimate of drug-likeness (QED) is 0.511. The number of morpholine rings is 1. The van der Waals surface area contributed by atoms with Crippen LogP contribution in [0.3, 0.4) is 0 Å². The van der Waals surface area contributed by atoms with Gasteiger partial charge < -0.3 is 15.0 Å². The van der Waals surface area contributed by atoms with Gasteiger partial charge in [-0.05, 0) is 32.1 Å². The van der Waals surface area contributed by atoms with Gasteiger partial charge in [-0.1, -0.05) is 11.6 Å². The van der Waals surface area contributed by atoms with Crippen molar-refractivity contribution in [3.05, 3.63) is 33.3 Å². The summed E-state index contributed by atoms with van der Waals surface area (Å²) in [6.07, 6.45) is 0.156. The van der Waals surface area contributed by atoms with Crippen LogP contribution >= 0.6 is 23.8 Å². The largest absolute Gasteiger partial charge is 0.372 e. The fourth-order valence-electron chi connectivity index (χ4n) is 2.26. The van der Waals surface area contributed by atoms with E-state index in [0.717, 1.165) is 0 Å². The molecule has 1 saturated heterocycles. The van der Waals surface area contributed by atoms with Crippen molar-refractivity contribution in [2.45, 2.75) is 26.1 Å². The van der Waals surface area contributed by atoms with Crippen LogP contribution in [0.4, 0.5) is 11.4 Å². The number of nitro benzene ring substituents is 1. The summed E-state index contributed by atoms with van der Waals surface area (Å²) in [5.74, 6) is 0. The number of nitrogens with zero attached hydrogens (tertiary/aromatic N) is 2. The lowest BCUT2D eigenvalue weighted by Crippen LogP contribution is -2.49. The second-order valence-electron chi connectivity index (χ2n) is 5.01. The topological polar surface area (TPSA) is 67.6 Å². The Morgan fingerprint density at radius 1 is 1.48 bits per heavy atom. The molecule has 0 unspecified atom stereocenters. The minimum absolute atomic E-state index is 0.0339. The van der Waals surface area contributed by atoms with Crippen LogP contribution in [0.2, 0.25) is 5.02 Å². The first-order chi connectivity index (χ1) is 9.86. The van der Waals surface area contributed by atoms with Crippen LogP contribution in [0, 0.1) is 10.1 Å². The molecule has 0 spiro atoms. The number of benzene rings is 1.